The van der Waals surface area contributed by atoms with E-state index in [1.54, 1.807) is 4.23 Å². The number of hydrogen-bond acceptors (Lipinski definition) is 0. The van der Waals surface area contributed by atoms with Crippen LogP contribution in [0.15, 0.2) is 30.3 Å². The lowest BCUT2D eigenvalue weighted by molar-refractivity contribution is -0.599. The minimum absolute atomic E-state index is 1.18. The van der Waals surface area contributed by atoms with E-state index in [1.165, 1.54) is 5.69 Å². The Morgan fingerprint density at radius 1 is 0.283 bits per heavy atom. The second-order valence-electron chi connectivity index (χ2n) is 15.0. The second kappa shape index (κ2) is 16.6. The van der Waals surface area contributed by atoms with Gasteiger partial charge >= 0.3 is 0 Å². The zero-order chi connectivity index (χ0) is 46.0. The van der Waals surface area contributed by atoms with E-state index < -0.39 is 161 Å². The molecule has 24 heteroatoms. The minimum Gasteiger partial charge on any atom is -0.423 e. The van der Waals surface area contributed by atoms with E-state index >= 15 is 35.1 Å². The van der Waals surface area contributed by atoms with Crippen molar-refractivity contribution in [3.8, 4) is 0 Å². The zero-order valence-electron chi connectivity index (χ0n) is 31.0. The van der Waals surface area contributed by atoms with Gasteiger partial charge < -0.3 is 4.23 Å². The Bertz CT molecular complexity index is 2130. The van der Waals surface area contributed by atoms with E-state index in [0.29, 0.717) is 0 Å². The molecular weight excluding hydrogens is 893 g/mol. The van der Waals surface area contributed by atoms with Gasteiger partial charge in [-0.3, -0.25) is 0 Å². The molecule has 0 aliphatic heterocycles. The van der Waals surface area contributed by atoms with E-state index in [-0.39, 0.29) is 0 Å². The van der Waals surface area contributed by atoms with E-state index in [2.05, 4.69) is 69.6 Å². The summed E-state index contributed by atoms with van der Waals surface area (Å²) in [5, 5.41) is 0. The van der Waals surface area contributed by atoms with Crippen molar-refractivity contribution in [1.82, 2.24) is 0 Å². The molecule has 5 rings (SSSR count). The Kier molecular flexibility index (Phi) is 13.2. The standard InChI is InChI=1S/C24BF20.C12H23NSi2/c26-5-1(6(27)14(35)21(42)13(5)34)25(2-7(28)15(36)22(43)16(37)8(2)29,3-9(30)17(38)23(44)18(39)10(3)31)4-11(32)19(40)24(45)20(41)12(4)33;1-14(2,3)13(15(4,5)6)12-10-8-7-9-11-12/h;7-11H,1-6H3/q-1;/p+1. The SMILES string of the molecule is C[Si](C)(C)[NH+](c1ccccc1)[Si](C)(C)C.Fc1c(F)c(F)c([B-](c2c(F)c(F)c(F)c(F)c2F)(c2c(F)c(F)c(F)c(F)c2F)c2c(F)c(F)c(F)c(F)c2F)c(F)c1F. The van der Waals surface area contributed by atoms with Gasteiger partial charge in [-0.15, -0.1) is 21.9 Å². The van der Waals surface area contributed by atoms with Gasteiger partial charge in [0.25, 0.3) is 16.5 Å². The molecule has 5 aromatic rings. The van der Waals surface area contributed by atoms with Crippen LogP contribution in [-0.2, 0) is 0 Å². The number of rotatable bonds is 7. The van der Waals surface area contributed by atoms with Gasteiger partial charge in [-0.25, -0.2) is 87.8 Å². The number of hydrogen-bond donors (Lipinski definition) is 1. The van der Waals surface area contributed by atoms with Crippen LogP contribution in [0.25, 0.3) is 0 Å². The molecule has 0 radical (unpaired) electrons. The highest BCUT2D eigenvalue weighted by Crippen LogP contribution is 2.30. The van der Waals surface area contributed by atoms with Crippen LogP contribution < -0.4 is 26.1 Å². The lowest BCUT2D eigenvalue weighted by Gasteiger charge is -2.44. The molecule has 0 heterocycles. The van der Waals surface area contributed by atoms with Gasteiger partial charge in [-0.1, -0.05) is 18.2 Å². The van der Waals surface area contributed by atoms with Gasteiger partial charge in [0.05, 0.1) is 5.69 Å². The molecule has 0 spiro atoms. The zero-order valence-corrected chi connectivity index (χ0v) is 33.0. The fourth-order valence-electron chi connectivity index (χ4n) is 7.47. The average Bonchev–Trinajstić information content (AvgIpc) is 3.17. The third kappa shape index (κ3) is 7.47. The second-order valence-corrected chi connectivity index (χ2v) is 25.5. The van der Waals surface area contributed by atoms with Crippen molar-refractivity contribution in [2.24, 2.45) is 0 Å². The summed E-state index contributed by atoms with van der Waals surface area (Å²) >= 11 is 0. The summed E-state index contributed by atoms with van der Waals surface area (Å²) in [6.07, 6.45) is -7.22. The summed E-state index contributed by atoms with van der Waals surface area (Å²) in [5.41, 5.74) is -12.8. The van der Waals surface area contributed by atoms with E-state index in [1.807, 2.05) is 0 Å². The smallest absolute Gasteiger partial charge is 0.262 e. The monoisotopic (exact) mass is 917 g/mol. The van der Waals surface area contributed by atoms with Crippen LogP contribution in [0.3, 0.4) is 0 Å². The van der Waals surface area contributed by atoms with Crippen molar-refractivity contribution >= 4 is 50.2 Å². The maximum atomic E-state index is 15.4. The molecule has 0 amide bonds. The molecule has 1 nitrogen and oxygen atoms in total. The molecule has 0 saturated heterocycles. The Morgan fingerprint density at radius 3 is 0.617 bits per heavy atom. The van der Waals surface area contributed by atoms with E-state index in [4.69, 9.17) is 0 Å². The lowest BCUT2D eigenvalue weighted by atomic mass is 9.12. The topological polar surface area (TPSA) is 4.44 Å². The Hall–Kier alpha value is -4.84. The fourth-order valence-corrected chi connectivity index (χ4v) is 18.5. The van der Waals surface area contributed by atoms with Gasteiger partial charge in [0.2, 0.25) is 0 Å². The third-order valence-electron chi connectivity index (χ3n) is 9.27. The maximum absolute atomic E-state index is 15.4. The molecule has 1 N–H and O–H groups in total. The van der Waals surface area contributed by atoms with Gasteiger partial charge in [0.1, 0.15) is 52.7 Å². The summed E-state index contributed by atoms with van der Waals surface area (Å²) in [6.45, 7) is 14.8. The molecule has 0 saturated carbocycles. The van der Waals surface area contributed by atoms with E-state index in [0.717, 1.165) is 0 Å². The summed E-state index contributed by atoms with van der Waals surface area (Å²) in [4.78, 5) is 0. The quantitative estimate of drug-likeness (QED) is 0.0722. The van der Waals surface area contributed by atoms with Crippen molar-refractivity contribution < 1.29 is 92.0 Å². The predicted octanol–water partition coefficient (Wildman–Crippen LogP) is 8.72. The van der Waals surface area contributed by atoms with Crippen molar-refractivity contribution in [1.29, 1.82) is 0 Å². The first-order valence-electron chi connectivity index (χ1n) is 16.6. The molecule has 0 unspecified atom stereocenters. The van der Waals surface area contributed by atoms with Gasteiger partial charge in [-0.05, 0) is 51.4 Å². The lowest BCUT2D eigenvalue weighted by Crippen LogP contribution is -3.25. The minimum atomic E-state index is -7.22. The Balaban J connectivity index is 0.000000445. The van der Waals surface area contributed by atoms with Gasteiger partial charge in [0, 0.05) is 0 Å². The van der Waals surface area contributed by atoms with Crippen LogP contribution >= 0.6 is 0 Å². The van der Waals surface area contributed by atoms with Crippen LogP contribution in [0.2, 0.25) is 39.3 Å². The molecule has 0 aliphatic rings. The van der Waals surface area contributed by atoms with Crippen LogP contribution in [0.5, 0.6) is 0 Å². The Morgan fingerprint density at radius 2 is 0.450 bits per heavy atom. The molecule has 5 aromatic carbocycles. The highest BCUT2D eigenvalue weighted by molar-refractivity contribution is 7.20. The number of nitrogens with one attached hydrogen (secondary N) is 1. The molecule has 0 bridgehead atoms. The van der Waals surface area contributed by atoms with Crippen molar-refractivity contribution in [2.75, 3.05) is 0 Å². The summed E-state index contributed by atoms with van der Waals surface area (Å²) in [7, 11) is -2.37. The van der Waals surface area contributed by atoms with Crippen LogP contribution in [-0.4, -0.2) is 22.6 Å². The molecule has 0 atom stereocenters. The van der Waals surface area contributed by atoms with Crippen molar-refractivity contribution in [2.45, 2.75) is 39.3 Å². The molecular formula is C36H24BF20NSi2. The summed E-state index contributed by atoms with van der Waals surface area (Å²) in [5.74, 6) is -71.4. The highest BCUT2D eigenvalue weighted by atomic mass is 28.4. The van der Waals surface area contributed by atoms with Crippen molar-refractivity contribution in [3.05, 3.63) is 147 Å². The normalized spacial score (nSPS) is 12.3. The van der Waals surface area contributed by atoms with Crippen LogP contribution in [0, 0.1) is 116 Å². The molecule has 0 fully saturated rings. The highest BCUT2D eigenvalue weighted by Gasteiger charge is 2.52. The number of benzene rings is 5. The molecule has 60 heavy (non-hydrogen) atoms. The third-order valence-corrected chi connectivity index (χ3v) is 17.3. The van der Waals surface area contributed by atoms with Gasteiger partial charge in [0.15, 0.2) is 69.8 Å². The maximum Gasteiger partial charge on any atom is 0.262 e. The van der Waals surface area contributed by atoms with E-state index in [9.17, 15) is 52.7 Å². The summed E-state index contributed by atoms with van der Waals surface area (Å²) < 4.78 is 296. The molecule has 0 aromatic heterocycles. The van der Waals surface area contributed by atoms with Gasteiger partial charge in [-0.2, -0.15) is 0 Å². The first kappa shape index (κ1) is 47.8. The average molecular weight is 918 g/mol. The first-order valence-corrected chi connectivity index (χ1v) is 23.6. The Labute approximate surface area is 328 Å². The number of quaternary nitrogens is 1. The molecule has 324 valence electrons. The fraction of sp³-hybridized carbons (Fsp3) is 0.167. The molecule has 0 aliphatic carbocycles. The first-order chi connectivity index (χ1) is 27.4. The number of halogens is 20. The van der Waals surface area contributed by atoms with Crippen LogP contribution in [0.1, 0.15) is 0 Å². The van der Waals surface area contributed by atoms with Crippen LogP contribution in [0.4, 0.5) is 93.5 Å². The predicted molar refractivity (Wildman–Crippen MR) is 183 cm³/mol. The summed E-state index contributed by atoms with van der Waals surface area (Å²) in [6, 6.07) is 11.0. The largest absolute Gasteiger partial charge is 0.423 e. The van der Waals surface area contributed by atoms with Crippen molar-refractivity contribution in [3.63, 3.8) is 0 Å².